The van der Waals surface area contributed by atoms with Crippen molar-refractivity contribution in [3.63, 3.8) is 0 Å². The van der Waals surface area contributed by atoms with Gasteiger partial charge in [0.05, 0.1) is 0 Å². The van der Waals surface area contributed by atoms with Crippen molar-refractivity contribution in [3.8, 4) is 0 Å². The van der Waals surface area contributed by atoms with Crippen LogP contribution in [0.5, 0.6) is 0 Å². The molecule has 4 N–H and O–H groups in total. The van der Waals surface area contributed by atoms with Crippen molar-refractivity contribution in [1.82, 2.24) is 0 Å². The number of carbonyl (C=O) groups excluding carboxylic acids is 2. The monoisotopic (exact) mass is 388 g/mol. The molecule has 29 heavy (non-hydrogen) atoms. The number of carbonyl (C=O) groups is 2. The van der Waals surface area contributed by atoms with Gasteiger partial charge in [-0.15, -0.1) is 0 Å². The Labute approximate surface area is 170 Å². The van der Waals surface area contributed by atoms with Gasteiger partial charge in [0, 0.05) is 22.7 Å². The van der Waals surface area contributed by atoms with E-state index in [2.05, 4.69) is 21.3 Å². The number of benzene rings is 3. The molecule has 6 heteroatoms. The normalized spacial score (nSPS) is 10.2. The molecule has 6 nitrogen and oxygen atoms in total. The summed E-state index contributed by atoms with van der Waals surface area (Å²) in [7, 11) is 0. The topological polar surface area (TPSA) is 82.3 Å². The second-order valence-electron chi connectivity index (χ2n) is 6.92. The van der Waals surface area contributed by atoms with E-state index in [1.54, 1.807) is 12.1 Å². The van der Waals surface area contributed by atoms with Gasteiger partial charge in [-0.1, -0.05) is 41.5 Å². The van der Waals surface area contributed by atoms with E-state index in [4.69, 9.17) is 0 Å². The molecule has 0 aromatic heterocycles. The predicted molar refractivity (Wildman–Crippen MR) is 119 cm³/mol. The van der Waals surface area contributed by atoms with Crippen molar-refractivity contribution in [2.45, 2.75) is 20.8 Å². The Morgan fingerprint density at radius 1 is 0.552 bits per heavy atom. The van der Waals surface area contributed by atoms with Gasteiger partial charge in [-0.3, -0.25) is 0 Å². The average molecular weight is 388 g/mol. The van der Waals surface area contributed by atoms with Crippen LogP contribution in [0.4, 0.5) is 32.3 Å². The van der Waals surface area contributed by atoms with Gasteiger partial charge >= 0.3 is 12.1 Å². The van der Waals surface area contributed by atoms with Gasteiger partial charge in [0.2, 0.25) is 0 Å². The highest BCUT2D eigenvalue weighted by Crippen LogP contribution is 2.21. The summed E-state index contributed by atoms with van der Waals surface area (Å²) in [4.78, 5) is 24.5. The summed E-state index contributed by atoms with van der Waals surface area (Å²) >= 11 is 0. The number of aryl methyl sites for hydroxylation is 3. The van der Waals surface area contributed by atoms with E-state index in [9.17, 15) is 9.59 Å². The lowest BCUT2D eigenvalue weighted by Crippen LogP contribution is -2.21. The molecular formula is C23H24N4O2. The highest BCUT2D eigenvalue weighted by atomic mass is 16.2. The standard InChI is InChI=1S/C23H24N4O2/c1-15-4-9-18(10-5-15)24-22(28)26-20-13-8-17(3)21(14-20)27-23(29)25-19-11-6-16(2)7-12-19/h4-14H,1-3H3,(H2,24,26,28)(H2,25,27,29). The van der Waals surface area contributed by atoms with E-state index >= 15 is 0 Å². The van der Waals surface area contributed by atoms with Crippen molar-refractivity contribution in [1.29, 1.82) is 0 Å². The van der Waals surface area contributed by atoms with E-state index in [0.29, 0.717) is 22.7 Å². The van der Waals surface area contributed by atoms with Gasteiger partial charge in [0.1, 0.15) is 0 Å². The van der Waals surface area contributed by atoms with Crippen LogP contribution in [-0.2, 0) is 0 Å². The van der Waals surface area contributed by atoms with Gasteiger partial charge < -0.3 is 21.3 Å². The third kappa shape index (κ3) is 5.84. The quantitative estimate of drug-likeness (QED) is 0.449. The number of urea groups is 2. The summed E-state index contributed by atoms with van der Waals surface area (Å²) in [6, 6.07) is 19.7. The average Bonchev–Trinajstić information content (AvgIpc) is 2.68. The molecule has 0 aliphatic heterocycles. The number of amides is 4. The Bertz CT molecular complexity index is 1010. The van der Waals surface area contributed by atoms with E-state index in [0.717, 1.165) is 16.7 Å². The summed E-state index contributed by atoms with van der Waals surface area (Å²) < 4.78 is 0. The van der Waals surface area contributed by atoms with Crippen molar-refractivity contribution in [2.24, 2.45) is 0 Å². The fourth-order valence-electron chi connectivity index (χ4n) is 2.69. The second kappa shape index (κ2) is 8.93. The Balaban J connectivity index is 1.62. The first-order valence-electron chi connectivity index (χ1n) is 9.29. The number of anilines is 4. The molecule has 3 aromatic rings. The summed E-state index contributed by atoms with van der Waals surface area (Å²) in [5.41, 5.74) is 5.72. The highest BCUT2D eigenvalue weighted by molar-refractivity contribution is 6.02. The highest BCUT2D eigenvalue weighted by Gasteiger charge is 2.08. The molecule has 0 saturated heterocycles. The van der Waals surface area contributed by atoms with Crippen LogP contribution in [-0.4, -0.2) is 12.1 Å². The molecule has 0 saturated carbocycles. The van der Waals surface area contributed by atoms with Crippen molar-refractivity contribution < 1.29 is 9.59 Å². The maximum atomic E-state index is 12.3. The van der Waals surface area contributed by atoms with Gasteiger partial charge in [-0.05, 0) is 62.7 Å². The van der Waals surface area contributed by atoms with Crippen LogP contribution in [0.3, 0.4) is 0 Å². The lowest BCUT2D eigenvalue weighted by atomic mass is 10.2. The maximum absolute atomic E-state index is 12.3. The lowest BCUT2D eigenvalue weighted by Gasteiger charge is -2.13. The maximum Gasteiger partial charge on any atom is 0.323 e. The summed E-state index contributed by atoms with van der Waals surface area (Å²) in [5.74, 6) is 0. The zero-order chi connectivity index (χ0) is 20.8. The van der Waals surface area contributed by atoms with Crippen LogP contribution >= 0.6 is 0 Å². The minimum absolute atomic E-state index is 0.349. The molecule has 0 radical (unpaired) electrons. The molecule has 0 fully saturated rings. The zero-order valence-electron chi connectivity index (χ0n) is 16.7. The number of rotatable bonds is 4. The SMILES string of the molecule is Cc1ccc(NC(=O)Nc2ccc(C)c(NC(=O)Nc3ccc(C)cc3)c2)cc1. The van der Waals surface area contributed by atoms with E-state index < -0.39 is 0 Å². The second-order valence-corrected chi connectivity index (χ2v) is 6.92. The van der Waals surface area contributed by atoms with Gasteiger partial charge in [0.15, 0.2) is 0 Å². The smallest absolute Gasteiger partial charge is 0.308 e. The largest absolute Gasteiger partial charge is 0.323 e. The molecule has 0 bridgehead atoms. The van der Waals surface area contributed by atoms with E-state index in [1.165, 1.54) is 0 Å². The first kappa shape index (κ1) is 19.9. The minimum Gasteiger partial charge on any atom is -0.308 e. The molecule has 0 spiro atoms. The fourth-order valence-corrected chi connectivity index (χ4v) is 2.69. The van der Waals surface area contributed by atoms with Crippen LogP contribution in [0.15, 0.2) is 66.7 Å². The van der Waals surface area contributed by atoms with Crippen LogP contribution in [0.1, 0.15) is 16.7 Å². The molecule has 4 amide bonds. The van der Waals surface area contributed by atoms with Crippen molar-refractivity contribution >= 4 is 34.8 Å². The van der Waals surface area contributed by atoms with Gasteiger partial charge in [0.25, 0.3) is 0 Å². The third-order valence-corrected chi connectivity index (χ3v) is 4.36. The Morgan fingerprint density at radius 3 is 1.48 bits per heavy atom. The number of hydrogen-bond donors (Lipinski definition) is 4. The van der Waals surface area contributed by atoms with Crippen LogP contribution < -0.4 is 21.3 Å². The first-order valence-corrected chi connectivity index (χ1v) is 9.29. The van der Waals surface area contributed by atoms with Crippen molar-refractivity contribution in [2.75, 3.05) is 21.3 Å². The molecule has 3 rings (SSSR count). The van der Waals surface area contributed by atoms with Crippen molar-refractivity contribution in [3.05, 3.63) is 83.4 Å². The molecule has 0 atom stereocenters. The Hall–Kier alpha value is -3.80. The Morgan fingerprint density at radius 2 is 0.966 bits per heavy atom. The third-order valence-electron chi connectivity index (χ3n) is 4.36. The summed E-state index contributed by atoms with van der Waals surface area (Å²) in [5, 5.41) is 11.2. The van der Waals surface area contributed by atoms with E-state index in [1.807, 2.05) is 75.4 Å². The lowest BCUT2D eigenvalue weighted by molar-refractivity contribution is 0.261. The summed E-state index contributed by atoms with van der Waals surface area (Å²) in [6.07, 6.45) is 0. The van der Waals surface area contributed by atoms with Gasteiger partial charge in [-0.2, -0.15) is 0 Å². The van der Waals surface area contributed by atoms with Gasteiger partial charge in [-0.25, -0.2) is 9.59 Å². The molecule has 0 unspecified atom stereocenters. The summed E-state index contributed by atoms with van der Waals surface area (Å²) in [6.45, 7) is 5.86. The Kier molecular flexibility index (Phi) is 6.14. The zero-order valence-corrected chi connectivity index (χ0v) is 16.7. The van der Waals surface area contributed by atoms with Crippen LogP contribution in [0.25, 0.3) is 0 Å². The van der Waals surface area contributed by atoms with E-state index in [-0.39, 0.29) is 12.1 Å². The molecule has 0 aliphatic rings. The molecule has 0 aliphatic carbocycles. The molecule has 3 aromatic carbocycles. The molecule has 0 heterocycles. The predicted octanol–water partition coefficient (Wildman–Crippen LogP) is 5.90. The molecular weight excluding hydrogens is 364 g/mol. The first-order chi connectivity index (χ1) is 13.9. The molecule has 148 valence electrons. The number of hydrogen-bond acceptors (Lipinski definition) is 2. The van der Waals surface area contributed by atoms with Crippen LogP contribution in [0.2, 0.25) is 0 Å². The van der Waals surface area contributed by atoms with Crippen LogP contribution in [0, 0.1) is 20.8 Å². The number of nitrogens with one attached hydrogen (secondary N) is 4. The minimum atomic E-state index is -0.354. The fraction of sp³-hybridized carbons (Fsp3) is 0.130.